The van der Waals surface area contributed by atoms with Crippen LogP contribution in [0, 0.1) is 11.3 Å². The van der Waals surface area contributed by atoms with Crippen LogP contribution in [0.2, 0.25) is 0 Å². The minimum absolute atomic E-state index is 0.165. The van der Waals surface area contributed by atoms with Crippen LogP contribution >= 0.6 is 0 Å². The normalized spacial score (nSPS) is 13.3. The van der Waals surface area contributed by atoms with Gasteiger partial charge in [0.25, 0.3) is 0 Å². The van der Waals surface area contributed by atoms with Gasteiger partial charge in [0.2, 0.25) is 0 Å². The molecule has 0 N–H and O–H groups in total. The summed E-state index contributed by atoms with van der Waals surface area (Å²) in [6, 6.07) is 0. The molecule has 0 saturated heterocycles. The summed E-state index contributed by atoms with van der Waals surface area (Å²) in [7, 11) is 0. The molecule has 0 spiro atoms. The van der Waals surface area contributed by atoms with Crippen LogP contribution in [0.25, 0.3) is 0 Å². The fraction of sp³-hybridized carbons (Fsp3) is 0.778. The number of unbranched alkanes of at least 4 members (excludes halogenated alkanes) is 5. The lowest BCUT2D eigenvalue weighted by Gasteiger charge is -2.34. The lowest BCUT2D eigenvalue weighted by atomic mass is 9.70. The van der Waals surface area contributed by atoms with Gasteiger partial charge in [-0.1, -0.05) is 77.9 Å². The molecular weight excluding hydrogens is 216 g/mol. The molecule has 0 aromatic rings. The van der Waals surface area contributed by atoms with Crippen LogP contribution in [0.5, 0.6) is 0 Å². The average Bonchev–Trinajstić information content (AvgIpc) is 2.42. The van der Waals surface area contributed by atoms with Crippen molar-refractivity contribution in [3.05, 3.63) is 25.3 Å². The molecule has 0 rings (SSSR count). The van der Waals surface area contributed by atoms with Gasteiger partial charge in [-0.3, -0.25) is 0 Å². The van der Waals surface area contributed by atoms with Gasteiger partial charge in [0, 0.05) is 5.41 Å². The Labute approximate surface area is 116 Å². The Morgan fingerprint density at radius 2 is 1.44 bits per heavy atom. The molecule has 0 aromatic heterocycles. The van der Waals surface area contributed by atoms with Crippen molar-refractivity contribution in [3.63, 3.8) is 0 Å². The number of rotatable bonds is 12. The van der Waals surface area contributed by atoms with E-state index in [-0.39, 0.29) is 5.41 Å². The van der Waals surface area contributed by atoms with Crippen molar-refractivity contribution < 1.29 is 0 Å². The quantitative estimate of drug-likeness (QED) is 0.273. The van der Waals surface area contributed by atoms with E-state index in [9.17, 15) is 0 Å². The molecule has 0 fully saturated rings. The van der Waals surface area contributed by atoms with E-state index < -0.39 is 0 Å². The molecular formula is C18H34. The molecule has 0 aromatic carbocycles. The van der Waals surface area contributed by atoms with E-state index in [0.717, 1.165) is 12.3 Å². The summed E-state index contributed by atoms with van der Waals surface area (Å²) in [6.45, 7) is 14.9. The van der Waals surface area contributed by atoms with Gasteiger partial charge in [0.05, 0.1) is 0 Å². The summed E-state index contributed by atoms with van der Waals surface area (Å²) in [5.41, 5.74) is 0.165. The van der Waals surface area contributed by atoms with E-state index in [0.29, 0.717) is 0 Å². The molecule has 106 valence electrons. The summed E-state index contributed by atoms with van der Waals surface area (Å²) >= 11 is 0. The maximum Gasteiger partial charge on any atom is 0.00812 e. The van der Waals surface area contributed by atoms with Crippen LogP contribution in [0.3, 0.4) is 0 Å². The summed E-state index contributed by atoms with van der Waals surface area (Å²) in [5, 5.41) is 0. The van der Waals surface area contributed by atoms with Gasteiger partial charge in [0.1, 0.15) is 0 Å². The number of hydrogen-bond donors (Lipinski definition) is 0. The first-order valence-electron chi connectivity index (χ1n) is 7.97. The largest absolute Gasteiger partial charge is 0.102 e. The fourth-order valence-corrected chi connectivity index (χ4v) is 3.02. The molecule has 0 radical (unpaired) electrons. The minimum atomic E-state index is 0.165. The predicted molar refractivity (Wildman–Crippen MR) is 84.9 cm³/mol. The van der Waals surface area contributed by atoms with Crippen molar-refractivity contribution in [1.29, 1.82) is 0 Å². The first-order valence-corrected chi connectivity index (χ1v) is 7.97. The van der Waals surface area contributed by atoms with Crippen molar-refractivity contribution >= 4 is 0 Å². The summed E-state index contributed by atoms with van der Waals surface area (Å²) in [6.07, 6.45) is 16.3. The SMILES string of the molecule is C=CC(C=C)(CC)C(CC)CCCCCCCC. The second-order valence-electron chi connectivity index (χ2n) is 5.54. The molecule has 0 aliphatic carbocycles. The Morgan fingerprint density at radius 3 is 1.89 bits per heavy atom. The predicted octanol–water partition coefficient (Wildman–Crippen LogP) is 6.53. The Balaban J connectivity index is 4.09. The Kier molecular flexibility index (Phi) is 10.1. The molecule has 0 aliphatic heterocycles. The summed E-state index contributed by atoms with van der Waals surface area (Å²) in [5.74, 6) is 0.726. The van der Waals surface area contributed by atoms with Crippen molar-refractivity contribution in [1.82, 2.24) is 0 Å². The fourth-order valence-electron chi connectivity index (χ4n) is 3.02. The maximum atomic E-state index is 4.04. The van der Waals surface area contributed by atoms with Crippen molar-refractivity contribution in [3.8, 4) is 0 Å². The van der Waals surface area contributed by atoms with Crippen LogP contribution in [0.1, 0.15) is 78.6 Å². The van der Waals surface area contributed by atoms with E-state index >= 15 is 0 Å². The second-order valence-corrected chi connectivity index (χ2v) is 5.54. The number of allylic oxidation sites excluding steroid dienone is 2. The van der Waals surface area contributed by atoms with E-state index in [2.05, 4.69) is 46.1 Å². The van der Waals surface area contributed by atoms with E-state index in [1.807, 2.05) is 0 Å². The monoisotopic (exact) mass is 250 g/mol. The highest BCUT2D eigenvalue weighted by Gasteiger charge is 2.29. The molecule has 0 saturated carbocycles. The summed E-state index contributed by atoms with van der Waals surface area (Å²) < 4.78 is 0. The van der Waals surface area contributed by atoms with E-state index in [1.165, 1.54) is 51.4 Å². The zero-order valence-electron chi connectivity index (χ0n) is 13.0. The molecule has 0 aliphatic rings. The lowest BCUT2D eigenvalue weighted by molar-refractivity contribution is 0.254. The third-order valence-electron chi connectivity index (χ3n) is 4.53. The van der Waals surface area contributed by atoms with Crippen LogP contribution in [0.4, 0.5) is 0 Å². The first kappa shape index (κ1) is 17.5. The Bertz CT molecular complexity index is 206. The van der Waals surface area contributed by atoms with Crippen molar-refractivity contribution in [2.45, 2.75) is 78.6 Å². The van der Waals surface area contributed by atoms with Gasteiger partial charge in [-0.15, -0.1) is 13.2 Å². The smallest absolute Gasteiger partial charge is 0.00812 e. The molecule has 18 heavy (non-hydrogen) atoms. The molecule has 1 unspecified atom stereocenters. The second kappa shape index (κ2) is 10.4. The molecule has 0 heteroatoms. The van der Waals surface area contributed by atoms with Gasteiger partial charge in [-0.05, 0) is 18.8 Å². The van der Waals surface area contributed by atoms with Gasteiger partial charge in [0.15, 0.2) is 0 Å². The van der Waals surface area contributed by atoms with E-state index in [1.54, 1.807) is 0 Å². The highest BCUT2D eigenvalue weighted by molar-refractivity contribution is 5.08. The topological polar surface area (TPSA) is 0 Å². The van der Waals surface area contributed by atoms with Crippen LogP contribution in [-0.4, -0.2) is 0 Å². The van der Waals surface area contributed by atoms with Crippen LogP contribution in [0.15, 0.2) is 25.3 Å². The number of hydrogen-bond acceptors (Lipinski definition) is 0. The maximum absolute atomic E-state index is 4.04. The van der Waals surface area contributed by atoms with Gasteiger partial charge < -0.3 is 0 Å². The highest BCUT2D eigenvalue weighted by atomic mass is 14.3. The minimum Gasteiger partial charge on any atom is -0.102 e. The third kappa shape index (κ3) is 5.42. The van der Waals surface area contributed by atoms with Gasteiger partial charge in [-0.25, -0.2) is 0 Å². The standard InChI is InChI=1S/C18H34/c1-6-11-12-13-14-15-16-17(7-2)18(8-3,9-4)10-5/h8-9,17H,3-4,6-7,10-16H2,1-2,5H3. The summed E-state index contributed by atoms with van der Waals surface area (Å²) in [4.78, 5) is 0. The zero-order valence-corrected chi connectivity index (χ0v) is 13.0. The first-order chi connectivity index (χ1) is 8.70. The molecule has 1 atom stereocenters. The third-order valence-corrected chi connectivity index (χ3v) is 4.53. The lowest BCUT2D eigenvalue weighted by Crippen LogP contribution is -2.25. The molecule has 0 nitrogen and oxygen atoms in total. The van der Waals surface area contributed by atoms with Gasteiger partial charge in [-0.2, -0.15) is 0 Å². The van der Waals surface area contributed by atoms with Crippen molar-refractivity contribution in [2.75, 3.05) is 0 Å². The molecule has 0 bridgehead atoms. The molecule has 0 amide bonds. The highest BCUT2D eigenvalue weighted by Crippen LogP contribution is 2.39. The molecule has 0 heterocycles. The van der Waals surface area contributed by atoms with Crippen LogP contribution in [-0.2, 0) is 0 Å². The zero-order chi connectivity index (χ0) is 13.9. The van der Waals surface area contributed by atoms with Crippen molar-refractivity contribution in [2.24, 2.45) is 11.3 Å². The Morgan fingerprint density at radius 1 is 0.889 bits per heavy atom. The van der Waals surface area contributed by atoms with E-state index in [4.69, 9.17) is 0 Å². The van der Waals surface area contributed by atoms with Gasteiger partial charge >= 0.3 is 0 Å². The Hall–Kier alpha value is -0.520. The van der Waals surface area contributed by atoms with Crippen LogP contribution < -0.4 is 0 Å². The average molecular weight is 250 g/mol.